The van der Waals surface area contributed by atoms with Crippen LogP contribution in [0.25, 0.3) is 0 Å². The zero-order valence-electron chi connectivity index (χ0n) is 25.5. The molecule has 2 amide bonds. The largest absolute Gasteiger partial charge is 0.352 e. The van der Waals surface area contributed by atoms with Gasteiger partial charge in [0.15, 0.2) is 0 Å². The number of amides is 2. The summed E-state index contributed by atoms with van der Waals surface area (Å²) in [7, 11) is -4.14. The van der Waals surface area contributed by atoms with Crippen molar-refractivity contribution < 1.29 is 18.0 Å². The third-order valence-electron chi connectivity index (χ3n) is 8.16. The van der Waals surface area contributed by atoms with Gasteiger partial charge in [0.1, 0.15) is 12.6 Å². The van der Waals surface area contributed by atoms with Gasteiger partial charge in [-0.1, -0.05) is 85.8 Å². The lowest BCUT2D eigenvalue weighted by molar-refractivity contribution is -0.140. The Morgan fingerprint density at radius 3 is 2.23 bits per heavy atom. The fraction of sp³-hybridized carbons (Fsp3) is 0.412. The molecule has 9 heteroatoms. The minimum Gasteiger partial charge on any atom is -0.352 e. The van der Waals surface area contributed by atoms with Crippen LogP contribution in [0.2, 0.25) is 5.02 Å². The van der Waals surface area contributed by atoms with Gasteiger partial charge in [-0.25, -0.2) is 8.42 Å². The van der Waals surface area contributed by atoms with Crippen LogP contribution in [0.15, 0.2) is 71.6 Å². The van der Waals surface area contributed by atoms with Crippen molar-refractivity contribution in [2.24, 2.45) is 0 Å². The van der Waals surface area contributed by atoms with E-state index < -0.39 is 28.5 Å². The Bertz CT molecular complexity index is 1540. The molecular weight excluding hydrogens is 582 g/mol. The molecule has 0 aromatic heterocycles. The summed E-state index contributed by atoms with van der Waals surface area (Å²) in [4.78, 5) is 29.6. The SMILES string of the molecule is CCC(C(=O)NC1CCCCC1)N(Cc1ccccc1Cl)C(=O)CN(c1cc(C)ccc1C)S(=O)(=O)c1ccc(C)cc1. The Labute approximate surface area is 261 Å². The molecule has 0 spiro atoms. The van der Waals surface area contributed by atoms with E-state index in [1.165, 1.54) is 9.21 Å². The molecule has 1 saturated carbocycles. The number of nitrogens with zero attached hydrogens (tertiary/aromatic N) is 2. The number of aryl methyl sites for hydroxylation is 3. The average molecular weight is 624 g/mol. The molecule has 1 aliphatic rings. The summed E-state index contributed by atoms with van der Waals surface area (Å²) in [6, 6.07) is 18.6. The molecule has 1 unspecified atom stereocenters. The molecule has 1 aliphatic carbocycles. The summed E-state index contributed by atoms with van der Waals surface area (Å²) in [5, 5.41) is 3.64. The number of carbonyl (C=O) groups excluding carboxylic acids is 2. The van der Waals surface area contributed by atoms with Gasteiger partial charge in [0.2, 0.25) is 11.8 Å². The van der Waals surface area contributed by atoms with Crippen LogP contribution >= 0.6 is 11.6 Å². The van der Waals surface area contributed by atoms with E-state index >= 15 is 0 Å². The quantitative estimate of drug-likeness (QED) is 0.257. The van der Waals surface area contributed by atoms with Crippen molar-refractivity contribution in [1.82, 2.24) is 10.2 Å². The van der Waals surface area contributed by atoms with Crippen LogP contribution in [0.1, 0.15) is 67.7 Å². The Morgan fingerprint density at radius 2 is 1.58 bits per heavy atom. The lowest BCUT2D eigenvalue weighted by Crippen LogP contribution is -2.54. The van der Waals surface area contributed by atoms with E-state index in [9.17, 15) is 18.0 Å². The Hall–Kier alpha value is -3.36. The third-order valence-corrected chi connectivity index (χ3v) is 10.3. The predicted octanol–water partition coefficient (Wildman–Crippen LogP) is 6.72. The lowest BCUT2D eigenvalue weighted by atomic mass is 9.95. The Kier molecular flexibility index (Phi) is 10.9. The maximum absolute atomic E-state index is 14.4. The van der Waals surface area contributed by atoms with Crippen LogP contribution in [0.4, 0.5) is 5.69 Å². The van der Waals surface area contributed by atoms with Crippen molar-refractivity contribution >= 4 is 39.1 Å². The normalized spacial score (nSPS) is 14.6. The monoisotopic (exact) mass is 623 g/mol. The van der Waals surface area contributed by atoms with Gasteiger partial charge in [0, 0.05) is 17.6 Å². The van der Waals surface area contributed by atoms with Gasteiger partial charge in [-0.15, -0.1) is 0 Å². The summed E-state index contributed by atoms with van der Waals surface area (Å²) in [6.45, 7) is 7.05. The number of hydrogen-bond acceptors (Lipinski definition) is 4. The molecule has 4 rings (SSSR count). The van der Waals surface area contributed by atoms with Crippen LogP contribution in [-0.2, 0) is 26.2 Å². The number of rotatable bonds is 11. The fourth-order valence-electron chi connectivity index (χ4n) is 5.61. The van der Waals surface area contributed by atoms with Crippen molar-refractivity contribution in [3.8, 4) is 0 Å². The van der Waals surface area contributed by atoms with Gasteiger partial charge in [-0.05, 0) is 81.0 Å². The molecule has 3 aromatic carbocycles. The van der Waals surface area contributed by atoms with Gasteiger partial charge in [0.05, 0.1) is 10.6 Å². The van der Waals surface area contributed by atoms with E-state index in [1.54, 1.807) is 36.4 Å². The van der Waals surface area contributed by atoms with E-state index in [-0.39, 0.29) is 23.4 Å². The van der Waals surface area contributed by atoms with Crippen LogP contribution in [0.3, 0.4) is 0 Å². The van der Waals surface area contributed by atoms with E-state index in [0.717, 1.165) is 43.2 Å². The summed E-state index contributed by atoms with van der Waals surface area (Å²) < 4.78 is 29.5. The first-order valence-electron chi connectivity index (χ1n) is 15.0. The van der Waals surface area contributed by atoms with Crippen LogP contribution in [0.5, 0.6) is 0 Å². The molecule has 0 heterocycles. The minimum absolute atomic E-state index is 0.0698. The van der Waals surface area contributed by atoms with E-state index in [4.69, 9.17) is 11.6 Å². The summed E-state index contributed by atoms with van der Waals surface area (Å²) in [5.41, 5.74) is 3.61. The van der Waals surface area contributed by atoms with E-state index in [2.05, 4.69) is 5.32 Å². The number of anilines is 1. The molecule has 7 nitrogen and oxygen atoms in total. The summed E-state index contributed by atoms with van der Waals surface area (Å²) in [6.07, 6.45) is 5.47. The highest BCUT2D eigenvalue weighted by atomic mass is 35.5. The number of halogens is 1. The first kappa shape index (κ1) is 32.6. The summed E-state index contributed by atoms with van der Waals surface area (Å²) >= 11 is 6.52. The van der Waals surface area contributed by atoms with Crippen molar-refractivity contribution in [2.45, 2.75) is 89.7 Å². The molecule has 1 atom stereocenters. The smallest absolute Gasteiger partial charge is 0.264 e. The number of nitrogens with one attached hydrogen (secondary N) is 1. The highest BCUT2D eigenvalue weighted by molar-refractivity contribution is 7.92. The molecule has 1 fully saturated rings. The van der Waals surface area contributed by atoms with Crippen LogP contribution in [0, 0.1) is 20.8 Å². The topological polar surface area (TPSA) is 86.8 Å². The Morgan fingerprint density at radius 1 is 0.930 bits per heavy atom. The zero-order chi connectivity index (χ0) is 31.1. The molecule has 0 aliphatic heterocycles. The van der Waals surface area contributed by atoms with Gasteiger partial charge in [-0.2, -0.15) is 0 Å². The van der Waals surface area contributed by atoms with Crippen molar-refractivity contribution in [3.05, 3.63) is 94.0 Å². The molecule has 230 valence electrons. The second kappa shape index (κ2) is 14.4. The molecule has 43 heavy (non-hydrogen) atoms. The molecule has 0 saturated heterocycles. The van der Waals surface area contributed by atoms with Crippen molar-refractivity contribution in [3.63, 3.8) is 0 Å². The first-order valence-corrected chi connectivity index (χ1v) is 16.8. The Balaban J connectivity index is 1.74. The minimum atomic E-state index is -4.14. The standard InChI is InChI=1S/C34H42ClN3O4S/c1-5-31(34(40)36-28-12-7-6-8-13-28)37(22-27-11-9-10-14-30(27)35)33(39)23-38(32-21-25(3)15-18-26(32)4)43(41,42)29-19-16-24(2)17-20-29/h9-11,14-21,28,31H,5-8,12-13,22-23H2,1-4H3,(H,36,40). The van der Waals surface area contributed by atoms with E-state index in [0.29, 0.717) is 28.3 Å². The maximum Gasteiger partial charge on any atom is 0.264 e. The fourth-order valence-corrected chi connectivity index (χ4v) is 7.28. The highest BCUT2D eigenvalue weighted by Gasteiger charge is 2.35. The average Bonchev–Trinajstić information content (AvgIpc) is 2.98. The van der Waals surface area contributed by atoms with Gasteiger partial charge in [-0.3, -0.25) is 13.9 Å². The van der Waals surface area contributed by atoms with Gasteiger partial charge >= 0.3 is 0 Å². The molecule has 0 radical (unpaired) electrons. The lowest BCUT2D eigenvalue weighted by Gasteiger charge is -2.35. The molecule has 0 bridgehead atoms. The first-order chi connectivity index (χ1) is 20.5. The van der Waals surface area contributed by atoms with Crippen molar-refractivity contribution in [2.75, 3.05) is 10.8 Å². The number of carbonyl (C=O) groups is 2. The summed E-state index contributed by atoms with van der Waals surface area (Å²) in [5.74, 6) is -0.711. The van der Waals surface area contributed by atoms with Crippen molar-refractivity contribution in [1.29, 1.82) is 0 Å². The second-order valence-electron chi connectivity index (χ2n) is 11.5. The molecule has 1 N–H and O–H groups in total. The third kappa shape index (κ3) is 7.98. The van der Waals surface area contributed by atoms with Gasteiger partial charge in [0.25, 0.3) is 10.0 Å². The predicted molar refractivity (Wildman–Crippen MR) is 173 cm³/mol. The number of benzene rings is 3. The molecular formula is C34H42ClN3O4S. The second-order valence-corrected chi connectivity index (χ2v) is 13.8. The van der Waals surface area contributed by atoms with Crippen LogP contribution < -0.4 is 9.62 Å². The van der Waals surface area contributed by atoms with Crippen LogP contribution in [-0.4, -0.2) is 43.8 Å². The maximum atomic E-state index is 14.4. The highest BCUT2D eigenvalue weighted by Crippen LogP contribution is 2.29. The number of hydrogen-bond donors (Lipinski definition) is 1. The molecule has 3 aromatic rings. The zero-order valence-corrected chi connectivity index (χ0v) is 27.0. The van der Waals surface area contributed by atoms with E-state index in [1.807, 2.05) is 58.0 Å². The van der Waals surface area contributed by atoms with Gasteiger partial charge < -0.3 is 10.2 Å². The number of sulfonamides is 1.